The lowest BCUT2D eigenvalue weighted by molar-refractivity contribution is -0.137. The molecule has 32 heavy (non-hydrogen) atoms. The highest BCUT2D eigenvalue weighted by molar-refractivity contribution is 6.05. The number of carbonyl (C=O) groups excluding carboxylic acids is 1. The molecule has 1 aromatic heterocycles. The van der Waals surface area contributed by atoms with Crippen LogP contribution in [0.4, 0.5) is 24.7 Å². The molecule has 0 spiro atoms. The second kappa shape index (κ2) is 9.40. The number of hydrogen-bond acceptors (Lipinski definition) is 4. The van der Waals surface area contributed by atoms with Gasteiger partial charge in [-0.2, -0.15) is 13.2 Å². The molecule has 2 aromatic carbocycles. The number of alkyl halides is 3. The van der Waals surface area contributed by atoms with Gasteiger partial charge in [0.15, 0.2) is 0 Å². The van der Waals surface area contributed by atoms with Crippen LogP contribution >= 0.6 is 0 Å². The number of aromatic nitrogens is 1. The number of anilines is 2. The zero-order chi connectivity index (χ0) is 22.6. The van der Waals surface area contributed by atoms with Crippen molar-refractivity contribution in [1.29, 1.82) is 0 Å². The average molecular weight is 440 g/mol. The number of halogens is 3. The first-order valence-electron chi connectivity index (χ1n) is 10.3. The number of hydrogen-bond donors (Lipinski definition) is 1. The predicted octanol–water partition coefficient (Wildman–Crippen LogP) is 4.67. The molecule has 1 fully saturated rings. The van der Waals surface area contributed by atoms with Crippen LogP contribution in [-0.2, 0) is 12.7 Å². The Labute approximate surface area is 184 Å². The molecule has 0 radical (unpaired) electrons. The normalized spacial score (nSPS) is 14.9. The quantitative estimate of drug-likeness (QED) is 0.626. The maximum absolute atomic E-state index is 13.2. The van der Waals surface area contributed by atoms with E-state index in [2.05, 4.69) is 32.2 Å². The van der Waals surface area contributed by atoms with Crippen molar-refractivity contribution in [1.82, 2.24) is 9.88 Å². The third kappa shape index (κ3) is 5.26. The molecule has 1 aliphatic heterocycles. The van der Waals surface area contributed by atoms with Gasteiger partial charge in [0.25, 0.3) is 5.91 Å². The lowest BCUT2D eigenvalue weighted by Gasteiger charge is -2.35. The van der Waals surface area contributed by atoms with Crippen LogP contribution in [0.1, 0.15) is 21.5 Å². The highest BCUT2D eigenvalue weighted by atomic mass is 19.4. The van der Waals surface area contributed by atoms with E-state index in [9.17, 15) is 18.0 Å². The molecule has 4 rings (SSSR count). The summed E-state index contributed by atoms with van der Waals surface area (Å²) in [6.45, 7) is 4.37. The number of pyridine rings is 1. The summed E-state index contributed by atoms with van der Waals surface area (Å²) in [5, 5.41) is 2.51. The van der Waals surface area contributed by atoms with Crippen LogP contribution in [0.25, 0.3) is 0 Å². The Hall–Kier alpha value is -3.39. The van der Waals surface area contributed by atoms with E-state index in [0.717, 1.165) is 50.7 Å². The summed E-state index contributed by atoms with van der Waals surface area (Å²) in [5.41, 5.74) is 0.249. The Morgan fingerprint density at radius 2 is 1.59 bits per heavy atom. The lowest BCUT2D eigenvalue weighted by Crippen LogP contribution is -2.46. The Morgan fingerprint density at radius 1 is 0.906 bits per heavy atom. The van der Waals surface area contributed by atoms with Gasteiger partial charge in [0.2, 0.25) is 0 Å². The molecule has 166 valence electrons. The summed E-state index contributed by atoms with van der Waals surface area (Å²) in [6.07, 6.45) is -3.13. The standard InChI is InChI=1S/C24H23F3N4O/c25-24(26,27)21-9-5-4-8-20(21)23(32)29-19-10-11-22(28-16-19)31-14-12-30(13-15-31)17-18-6-2-1-3-7-18/h1-11,16H,12-15,17H2,(H,29,32). The van der Waals surface area contributed by atoms with Crippen molar-refractivity contribution in [2.75, 3.05) is 36.4 Å². The van der Waals surface area contributed by atoms with E-state index in [1.54, 1.807) is 12.1 Å². The molecule has 1 aliphatic rings. The van der Waals surface area contributed by atoms with Crippen LogP contribution in [0.5, 0.6) is 0 Å². The third-order valence-corrected chi connectivity index (χ3v) is 5.43. The highest BCUT2D eigenvalue weighted by Gasteiger charge is 2.34. The molecular formula is C24H23F3N4O. The number of benzene rings is 2. The van der Waals surface area contributed by atoms with E-state index in [0.29, 0.717) is 5.69 Å². The third-order valence-electron chi connectivity index (χ3n) is 5.43. The van der Waals surface area contributed by atoms with E-state index in [4.69, 9.17) is 0 Å². The van der Waals surface area contributed by atoms with Gasteiger partial charge in [-0.15, -0.1) is 0 Å². The van der Waals surface area contributed by atoms with Gasteiger partial charge in [0, 0.05) is 32.7 Å². The fraction of sp³-hybridized carbons (Fsp3) is 0.250. The summed E-state index contributed by atoms with van der Waals surface area (Å²) in [5.74, 6) is -0.0416. The number of carbonyl (C=O) groups is 1. The molecule has 0 atom stereocenters. The minimum atomic E-state index is -4.60. The van der Waals surface area contributed by atoms with Gasteiger partial charge in [0.05, 0.1) is 23.0 Å². The van der Waals surface area contributed by atoms with Crippen LogP contribution in [0.3, 0.4) is 0 Å². The lowest BCUT2D eigenvalue weighted by atomic mass is 10.1. The summed E-state index contributed by atoms with van der Waals surface area (Å²) in [4.78, 5) is 21.3. The van der Waals surface area contributed by atoms with Gasteiger partial charge in [-0.25, -0.2) is 4.98 Å². The second-order valence-corrected chi connectivity index (χ2v) is 7.65. The van der Waals surface area contributed by atoms with E-state index >= 15 is 0 Å². The van der Waals surface area contributed by atoms with Gasteiger partial charge in [-0.05, 0) is 29.8 Å². The topological polar surface area (TPSA) is 48.5 Å². The number of nitrogens with one attached hydrogen (secondary N) is 1. The molecule has 3 aromatic rings. The Bertz CT molecular complexity index is 1050. The maximum Gasteiger partial charge on any atom is 0.417 e. The molecule has 1 amide bonds. The molecule has 0 unspecified atom stereocenters. The van der Waals surface area contributed by atoms with E-state index in [-0.39, 0.29) is 0 Å². The first-order valence-corrected chi connectivity index (χ1v) is 10.3. The monoisotopic (exact) mass is 440 g/mol. The van der Waals surface area contributed by atoms with Crippen LogP contribution in [0.15, 0.2) is 72.9 Å². The van der Waals surface area contributed by atoms with Gasteiger partial charge in [-0.3, -0.25) is 9.69 Å². The first-order chi connectivity index (χ1) is 15.4. The minimum Gasteiger partial charge on any atom is -0.354 e. The molecule has 0 bridgehead atoms. The van der Waals surface area contributed by atoms with Gasteiger partial charge < -0.3 is 10.2 Å². The number of nitrogens with zero attached hydrogens (tertiary/aromatic N) is 3. The van der Waals surface area contributed by atoms with Crippen molar-refractivity contribution in [2.24, 2.45) is 0 Å². The summed E-state index contributed by atoms with van der Waals surface area (Å²) in [7, 11) is 0. The van der Waals surface area contributed by atoms with Gasteiger partial charge >= 0.3 is 6.18 Å². The summed E-state index contributed by atoms with van der Waals surface area (Å²) < 4.78 is 39.5. The largest absolute Gasteiger partial charge is 0.417 e. The highest BCUT2D eigenvalue weighted by Crippen LogP contribution is 2.32. The minimum absolute atomic E-state index is 0.346. The molecule has 0 aliphatic carbocycles. The van der Waals surface area contributed by atoms with Crippen molar-refractivity contribution in [2.45, 2.75) is 12.7 Å². The van der Waals surface area contributed by atoms with Crippen LogP contribution in [0, 0.1) is 0 Å². The van der Waals surface area contributed by atoms with E-state index in [1.165, 1.54) is 23.9 Å². The maximum atomic E-state index is 13.2. The molecule has 2 heterocycles. The van der Waals surface area contributed by atoms with Crippen molar-refractivity contribution < 1.29 is 18.0 Å². The Kier molecular flexibility index (Phi) is 6.41. The first kappa shape index (κ1) is 21.8. The molecule has 1 saturated heterocycles. The van der Waals surface area contributed by atoms with Gasteiger partial charge in [0.1, 0.15) is 5.82 Å². The predicted molar refractivity (Wildman–Crippen MR) is 118 cm³/mol. The van der Waals surface area contributed by atoms with Gasteiger partial charge in [-0.1, -0.05) is 42.5 Å². The van der Waals surface area contributed by atoms with E-state index in [1.807, 2.05) is 18.2 Å². The fourth-order valence-electron chi connectivity index (χ4n) is 3.75. The second-order valence-electron chi connectivity index (χ2n) is 7.65. The van der Waals surface area contributed by atoms with Crippen molar-refractivity contribution in [3.8, 4) is 0 Å². The Morgan fingerprint density at radius 3 is 2.25 bits per heavy atom. The molecular weight excluding hydrogens is 417 g/mol. The van der Waals surface area contributed by atoms with Crippen molar-refractivity contribution in [3.63, 3.8) is 0 Å². The molecule has 0 saturated carbocycles. The SMILES string of the molecule is O=C(Nc1ccc(N2CCN(Cc3ccccc3)CC2)nc1)c1ccccc1C(F)(F)F. The molecule has 5 nitrogen and oxygen atoms in total. The van der Waals surface area contributed by atoms with Crippen molar-refractivity contribution >= 4 is 17.4 Å². The smallest absolute Gasteiger partial charge is 0.354 e. The van der Waals surface area contributed by atoms with E-state index < -0.39 is 23.2 Å². The number of amides is 1. The number of rotatable bonds is 5. The molecule has 8 heteroatoms. The van der Waals surface area contributed by atoms with Crippen LogP contribution in [-0.4, -0.2) is 42.0 Å². The average Bonchev–Trinajstić information content (AvgIpc) is 2.80. The fourth-order valence-corrected chi connectivity index (χ4v) is 3.75. The molecule has 1 N–H and O–H groups in total. The van der Waals surface area contributed by atoms with Crippen LogP contribution in [0.2, 0.25) is 0 Å². The zero-order valence-corrected chi connectivity index (χ0v) is 17.3. The summed E-state index contributed by atoms with van der Waals surface area (Å²) in [6, 6.07) is 18.5. The van der Waals surface area contributed by atoms with Crippen molar-refractivity contribution in [3.05, 3.63) is 89.6 Å². The zero-order valence-electron chi connectivity index (χ0n) is 17.3. The van der Waals surface area contributed by atoms with Crippen LogP contribution < -0.4 is 10.2 Å². The number of piperazine rings is 1. The Balaban J connectivity index is 1.35. The summed E-state index contributed by atoms with van der Waals surface area (Å²) >= 11 is 0.